The van der Waals surface area contributed by atoms with Crippen LogP contribution in [0.25, 0.3) is 10.2 Å². The molecule has 21 heavy (non-hydrogen) atoms. The van der Waals surface area contributed by atoms with E-state index in [1.807, 2.05) is 32.0 Å². The molecule has 0 saturated carbocycles. The average Bonchev–Trinajstić information content (AvgIpc) is 2.75. The van der Waals surface area contributed by atoms with Gasteiger partial charge in [0, 0.05) is 6.42 Å². The number of ether oxygens (including phenoxy) is 1. The summed E-state index contributed by atoms with van der Waals surface area (Å²) in [4.78, 5) is 28.0. The number of benzene rings is 1. The second-order valence-corrected chi connectivity index (χ2v) is 5.78. The number of thiazole rings is 1. The molecule has 0 unspecified atom stereocenters. The zero-order valence-corrected chi connectivity index (χ0v) is 13.2. The highest BCUT2D eigenvalue weighted by molar-refractivity contribution is 7.16. The Balaban J connectivity index is 2.59. The van der Waals surface area contributed by atoms with Crippen molar-refractivity contribution in [2.24, 2.45) is 4.99 Å². The number of hydrogen-bond donors (Lipinski definition) is 0. The first-order chi connectivity index (χ1) is 10.0. The number of amides is 1. The smallest absolute Gasteiger partial charge is 0.325 e. The number of methoxy groups -OCH3 is 1. The van der Waals surface area contributed by atoms with E-state index in [1.54, 1.807) is 4.57 Å². The Morgan fingerprint density at radius 2 is 2.14 bits per heavy atom. The molecule has 0 aliphatic heterocycles. The first-order valence-electron chi connectivity index (χ1n) is 6.79. The Kier molecular flexibility index (Phi) is 4.90. The first-order valence-corrected chi connectivity index (χ1v) is 7.61. The monoisotopic (exact) mass is 306 g/mol. The standard InChI is InChI=1S/C15H18N2O3S/c1-4-5-13(18)16-15-17(9-14(19)20-3)11-7-6-10(2)8-12(11)21-15/h6-8H,4-5,9H2,1-3H3. The van der Waals surface area contributed by atoms with E-state index in [0.29, 0.717) is 11.2 Å². The van der Waals surface area contributed by atoms with Gasteiger partial charge in [0.1, 0.15) is 6.54 Å². The molecule has 0 radical (unpaired) electrons. The Hall–Kier alpha value is -1.95. The van der Waals surface area contributed by atoms with Gasteiger partial charge in [-0.15, -0.1) is 0 Å². The van der Waals surface area contributed by atoms with Crippen molar-refractivity contribution in [1.82, 2.24) is 4.57 Å². The third-order valence-corrected chi connectivity index (χ3v) is 4.08. The highest BCUT2D eigenvalue weighted by Crippen LogP contribution is 2.19. The fourth-order valence-corrected chi connectivity index (χ4v) is 3.13. The Bertz CT molecular complexity index is 743. The summed E-state index contributed by atoms with van der Waals surface area (Å²) >= 11 is 1.41. The number of carbonyl (C=O) groups excluding carboxylic acids is 2. The minimum Gasteiger partial charge on any atom is -0.468 e. The highest BCUT2D eigenvalue weighted by atomic mass is 32.1. The van der Waals surface area contributed by atoms with Crippen LogP contribution in [0.4, 0.5) is 0 Å². The molecule has 0 N–H and O–H groups in total. The molecule has 1 aromatic carbocycles. The summed E-state index contributed by atoms with van der Waals surface area (Å²) in [5.74, 6) is -0.529. The maximum atomic E-state index is 11.8. The van der Waals surface area contributed by atoms with Crippen LogP contribution in [-0.4, -0.2) is 23.6 Å². The first kappa shape index (κ1) is 15.4. The van der Waals surface area contributed by atoms with Crippen LogP contribution in [0, 0.1) is 6.92 Å². The van der Waals surface area contributed by atoms with E-state index in [-0.39, 0.29) is 18.4 Å². The van der Waals surface area contributed by atoms with Gasteiger partial charge < -0.3 is 9.30 Å². The fourth-order valence-electron chi connectivity index (χ4n) is 1.99. The molecule has 0 aliphatic carbocycles. The molecule has 0 saturated heterocycles. The van der Waals surface area contributed by atoms with Gasteiger partial charge in [0.2, 0.25) is 5.91 Å². The third-order valence-electron chi connectivity index (χ3n) is 3.04. The SMILES string of the molecule is CCCC(=O)N=c1sc2cc(C)ccc2n1CC(=O)OC. The number of aryl methyl sites for hydroxylation is 1. The predicted octanol–water partition coefficient (Wildman–Crippen LogP) is 2.41. The molecular weight excluding hydrogens is 288 g/mol. The van der Waals surface area contributed by atoms with Crippen molar-refractivity contribution in [2.45, 2.75) is 33.2 Å². The van der Waals surface area contributed by atoms with E-state index in [9.17, 15) is 9.59 Å². The van der Waals surface area contributed by atoms with Crippen LogP contribution in [0.5, 0.6) is 0 Å². The van der Waals surface area contributed by atoms with E-state index in [1.165, 1.54) is 18.4 Å². The second-order valence-electron chi connectivity index (χ2n) is 4.77. The van der Waals surface area contributed by atoms with Gasteiger partial charge in [0.25, 0.3) is 0 Å². The summed E-state index contributed by atoms with van der Waals surface area (Å²) in [6.45, 7) is 3.99. The third kappa shape index (κ3) is 3.58. The molecule has 2 rings (SSSR count). The second kappa shape index (κ2) is 6.67. The topological polar surface area (TPSA) is 60.7 Å². The molecular formula is C15H18N2O3S. The van der Waals surface area contributed by atoms with Gasteiger partial charge in [-0.2, -0.15) is 4.99 Å². The summed E-state index contributed by atoms with van der Waals surface area (Å²) in [7, 11) is 1.35. The highest BCUT2D eigenvalue weighted by Gasteiger charge is 2.11. The maximum absolute atomic E-state index is 11.8. The van der Waals surface area contributed by atoms with Crippen molar-refractivity contribution in [3.63, 3.8) is 0 Å². The average molecular weight is 306 g/mol. The van der Waals surface area contributed by atoms with E-state index in [2.05, 4.69) is 4.99 Å². The molecule has 0 aliphatic rings. The maximum Gasteiger partial charge on any atom is 0.325 e. The number of rotatable bonds is 4. The van der Waals surface area contributed by atoms with E-state index in [4.69, 9.17) is 4.74 Å². The van der Waals surface area contributed by atoms with Gasteiger partial charge in [-0.3, -0.25) is 9.59 Å². The minimum atomic E-state index is -0.361. The number of esters is 1. The summed E-state index contributed by atoms with van der Waals surface area (Å²) in [6.07, 6.45) is 1.16. The number of hydrogen-bond acceptors (Lipinski definition) is 4. The van der Waals surface area contributed by atoms with Gasteiger partial charge in [0.15, 0.2) is 4.80 Å². The van der Waals surface area contributed by atoms with Crippen molar-refractivity contribution in [2.75, 3.05) is 7.11 Å². The summed E-state index contributed by atoms with van der Waals surface area (Å²) in [5.41, 5.74) is 2.01. The number of fused-ring (bicyclic) bond motifs is 1. The van der Waals surface area contributed by atoms with Gasteiger partial charge in [0.05, 0.1) is 17.3 Å². The van der Waals surface area contributed by atoms with Crippen molar-refractivity contribution >= 4 is 33.4 Å². The number of aromatic nitrogens is 1. The molecule has 0 spiro atoms. The van der Waals surface area contributed by atoms with Crippen molar-refractivity contribution < 1.29 is 14.3 Å². The molecule has 5 nitrogen and oxygen atoms in total. The Morgan fingerprint density at radius 3 is 2.81 bits per heavy atom. The molecule has 0 bridgehead atoms. The molecule has 2 aromatic rings. The molecule has 1 heterocycles. The minimum absolute atomic E-state index is 0.0534. The summed E-state index contributed by atoms with van der Waals surface area (Å²) in [6, 6.07) is 5.94. The lowest BCUT2D eigenvalue weighted by molar-refractivity contribution is -0.141. The van der Waals surface area contributed by atoms with Crippen LogP contribution in [0.15, 0.2) is 23.2 Å². The molecule has 0 atom stereocenters. The lowest BCUT2D eigenvalue weighted by Crippen LogP contribution is -2.22. The fraction of sp³-hybridized carbons (Fsp3) is 0.400. The van der Waals surface area contributed by atoms with Gasteiger partial charge in [-0.1, -0.05) is 24.3 Å². The lowest BCUT2D eigenvalue weighted by Gasteiger charge is -2.03. The van der Waals surface area contributed by atoms with Gasteiger partial charge in [-0.05, 0) is 31.0 Å². The Morgan fingerprint density at radius 1 is 1.38 bits per heavy atom. The predicted molar refractivity (Wildman–Crippen MR) is 82.0 cm³/mol. The zero-order valence-electron chi connectivity index (χ0n) is 12.4. The summed E-state index contributed by atoms with van der Waals surface area (Å²) in [5, 5.41) is 0. The zero-order chi connectivity index (χ0) is 15.4. The van der Waals surface area contributed by atoms with Crippen LogP contribution in [0.1, 0.15) is 25.3 Å². The molecule has 1 amide bonds. The van der Waals surface area contributed by atoms with E-state index < -0.39 is 0 Å². The van der Waals surface area contributed by atoms with Crippen LogP contribution in [0.3, 0.4) is 0 Å². The number of carbonyl (C=O) groups is 2. The van der Waals surface area contributed by atoms with Gasteiger partial charge >= 0.3 is 5.97 Å². The van der Waals surface area contributed by atoms with Crippen LogP contribution in [-0.2, 0) is 20.9 Å². The van der Waals surface area contributed by atoms with Crippen molar-refractivity contribution in [3.05, 3.63) is 28.6 Å². The Labute approximate surface area is 126 Å². The number of nitrogens with zero attached hydrogens (tertiary/aromatic N) is 2. The van der Waals surface area contributed by atoms with Crippen LogP contribution in [0.2, 0.25) is 0 Å². The van der Waals surface area contributed by atoms with Crippen LogP contribution < -0.4 is 4.80 Å². The molecule has 0 fully saturated rings. The molecule has 1 aromatic heterocycles. The van der Waals surface area contributed by atoms with E-state index >= 15 is 0 Å². The largest absolute Gasteiger partial charge is 0.468 e. The summed E-state index contributed by atoms with van der Waals surface area (Å²) < 4.78 is 7.46. The van der Waals surface area contributed by atoms with Crippen molar-refractivity contribution in [3.8, 4) is 0 Å². The normalized spacial score (nSPS) is 11.9. The van der Waals surface area contributed by atoms with Crippen LogP contribution >= 0.6 is 11.3 Å². The van der Waals surface area contributed by atoms with E-state index in [0.717, 1.165) is 22.2 Å². The lowest BCUT2D eigenvalue weighted by atomic mass is 10.2. The molecule has 112 valence electrons. The van der Waals surface area contributed by atoms with Gasteiger partial charge in [-0.25, -0.2) is 0 Å². The van der Waals surface area contributed by atoms with Crippen molar-refractivity contribution in [1.29, 1.82) is 0 Å². The quantitative estimate of drug-likeness (QED) is 0.815. The molecule has 6 heteroatoms.